The number of sulfone groups is 1. The Balaban J connectivity index is 2.24. The Morgan fingerprint density at radius 3 is 2.41 bits per heavy atom. The normalized spacial score (nSPS) is 18.2. The van der Waals surface area contributed by atoms with Crippen molar-refractivity contribution in [3.8, 4) is 11.9 Å². The molecule has 1 aliphatic rings. The molecule has 0 amide bonds. The highest BCUT2D eigenvalue weighted by atomic mass is 32.2. The van der Waals surface area contributed by atoms with Gasteiger partial charge in [0.1, 0.15) is 11.6 Å². The lowest BCUT2D eigenvalue weighted by Crippen LogP contribution is -2.30. The molecule has 2 aromatic rings. The maximum absolute atomic E-state index is 13.0. The molecule has 8 heteroatoms. The summed E-state index contributed by atoms with van der Waals surface area (Å²) < 4.78 is 24.5. The van der Waals surface area contributed by atoms with Crippen LogP contribution in [0.4, 0.5) is 0 Å². The second-order valence-electron chi connectivity index (χ2n) is 6.74. The highest BCUT2D eigenvalue weighted by molar-refractivity contribution is 7.91. The average Bonchev–Trinajstić information content (AvgIpc) is 2.95. The van der Waals surface area contributed by atoms with E-state index in [2.05, 4.69) is 0 Å². The van der Waals surface area contributed by atoms with Crippen LogP contribution in [0.15, 0.2) is 29.1 Å². The number of hydrogen-bond donors (Lipinski definition) is 1. The summed E-state index contributed by atoms with van der Waals surface area (Å²) in [6.45, 7) is 3.29. The Kier molecular flexibility index (Phi) is 4.66. The Morgan fingerprint density at radius 2 is 1.89 bits per heavy atom. The van der Waals surface area contributed by atoms with Crippen LogP contribution in [0.25, 0.3) is 0 Å². The maximum Gasteiger partial charge on any atom is 0.271 e. The number of rotatable bonds is 3. The molecule has 1 fully saturated rings. The summed E-state index contributed by atoms with van der Waals surface area (Å²) >= 11 is 0. The number of nitriles is 1. The summed E-state index contributed by atoms with van der Waals surface area (Å²) in [5.74, 6) is -1.55. The molecule has 1 atom stereocenters. The molecule has 140 valence electrons. The van der Waals surface area contributed by atoms with Crippen LogP contribution in [0.5, 0.6) is 5.88 Å². The van der Waals surface area contributed by atoms with Crippen molar-refractivity contribution in [3.63, 3.8) is 0 Å². The van der Waals surface area contributed by atoms with Gasteiger partial charge in [0.05, 0.1) is 23.1 Å². The van der Waals surface area contributed by atoms with Crippen LogP contribution in [-0.2, 0) is 9.84 Å². The smallest absolute Gasteiger partial charge is 0.271 e. The first kappa shape index (κ1) is 18.9. The number of carbonyl (C=O) groups is 1. The van der Waals surface area contributed by atoms with Gasteiger partial charge in [0, 0.05) is 5.56 Å². The molecule has 1 aromatic heterocycles. The minimum Gasteiger partial charge on any atom is -0.494 e. The highest BCUT2D eigenvalue weighted by Gasteiger charge is 2.34. The van der Waals surface area contributed by atoms with Crippen molar-refractivity contribution in [3.05, 3.63) is 62.4 Å². The lowest BCUT2D eigenvalue weighted by atomic mass is 9.96. The summed E-state index contributed by atoms with van der Waals surface area (Å²) in [4.78, 5) is 25.6. The van der Waals surface area contributed by atoms with E-state index >= 15 is 0 Å². The van der Waals surface area contributed by atoms with Gasteiger partial charge in [0.15, 0.2) is 15.6 Å². The van der Waals surface area contributed by atoms with E-state index in [-0.39, 0.29) is 34.6 Å². The number of aromatic nitrogens is 1. The summed E-state index contributed by atoms with van der Waals surface area (Å²) in [5.41, 5.74) is 0.128. The van der Waals surface area contributed by atoms with Gasteiger partial charge in [0.2, 0.25) is 5.88 Å². The van der Waals surface area contributed by atoms with E-state index in [1.807, 2.05) is 6.92 Å². The molecular formula is C19H18N2O5S. The molecule has 1 saturated heterocycles. The van der Waals surface area contributed by atoms with E-state index in [0.717, 1.165) is 10.1 Å². The number of benzene rings is 1. The molecule has 0 aliphatic carbocycles. The van der Waals surface area contributed by atoms with Crippen LogP contribution in [0.1, 0.15) is 45.1 Å². The van der Waals surface area contributed by atoms with Gasteiger partial charge in [-0.2, -0.15) is 5.26 Å². The van der Waals surface area contributed by atoms with Crippen molar-refractivity contribution in [1.29, 1.82) is 5.26 Å². The van der Waals surface area contributed by atoms with Gasteiger partial charge in [-0.1, -0.05) is 29.8 Å². The van der Waals surface area contributed by atoms with E-state index in [1.54, 1.807) is 30.3 Å². The van der Waals surface area contributed by atoms with Crippen molar-refractivity contribution in [1.82, 2.24) is 4.57 Å². The van der Waals surface area contributed by atoms with E-state index < -0.39 is 33.1 Å². The first-order valence-corrected chi connectivity index (χ1v) is 10.2. The fourth-order valence-electron chi connectivity index (χ4n) is 3.36. The topological polar surface area (TPSA) is 117 Å². The van der Waals surface area contributed by atoms with Gasteiger partial charge in [-0.05, 0) is 25.8 Å². The zero-order valence-electron chi connectivity index (χ0n) is 14.9. The number of aryl methyl sites for hydroxylation is 1. The molecule has 0 spiro atoms. The second kappa shape index (κ2) is 6.67. The number of ketones is 1. The van der Waals surface area contributed by atoms with Crippen molar-refractivity contribution in [2.24, 2.45) is 0 Å². The van der Waals surface area contributed by atoms with E-state index in [0.29, 0.717) is 5.56 Å². The molecule has 27 heavy (non-hydrogen) atoms. The molecule has 1 N–H and O–H groups in total. The molecule has 2 heterocycles. The summed E-state index contributed by atoms with van der Waals surface area (Å²) in [6, 6.07) is 7.65. The van der Waals surface area contributed by atoms with Gasteiger partial charge in [-0.25, -0.2) is 8.42 Å². The summed E-state index contributed by atoms with van der Waals surface area (Å²) in [7, 11) is -3.34. The standard InChI is InChI=1S/C19H18N2O5S/c1-11-3-5-13(6-4-11)17(22)16-12(2)15(9-20)18(23)21(19(16)24)14-7-8-27(25,26)10-14/h3-6,14,24H,7-8,10H2,1-2H3/t14-/m0/s1. The van der Waals surface area contributed by atoms with Crippen LogP contribution in [0, 0.1) is 25.2 Å². The number of hydrogen-bond acceptors (Lipinski definition) is 6. The summed E-state index contributed by atoms with van der Waals surface area (Å²) in [6.07, 6.45) is 0.141. The fraction of sp³-hybridized carbons (Fsp3) is 0.316. The Hall–Kier alpha value is -2.92. The highest BCUT2D eigenvalue weighted by Crippen LogP contribution is 2.31. The first-order valence-electron chi connectivity index (χ1n) is 8.36. The van der Waals surface area contributed by atoms with Gasteiger partial charge < -0.3 is 5.11 Å². The van der Waals surface area contributed by atoms with Crippen LogP contribution in [-0.4, -0.2) is 35.4 Å². The minimum atomic E-state index is -3.34. The lowest BCUT2D eigenvalue weighted by Gasteiger charge is -2.19. The second-order valence-corrected chi connectivity index (χ2v) is 8.97. The zero-order chi connectivity index (χ0) is 19.9. The molecule has 0 bridgehead atoms. The van der Waals surface area contributed by atoms with Crippen LogP contribution >= 0.6 is 0 Å². The SMILES string of the molecule is Cc1ccc(C(=O)c2c(C)c(C#N)c(=O)n([C@H]3CCS(=O)(=O)C3)c2O)cc1. The Labute approximate surface area is 156 Å². The molecule has 0 unspecified atom stereocenters. The Morgan fingerprint density at radius 1 is 1.26 bits per heavy atom. The summed E-state index contributed by atoms with van der Waals surface area (Å²) in [5, 5.41) is 20.1. The average molecular weight is 386 g/mol. The molecular weight excluding hydrogens is 368 g/mol. The van der Waals surface area contributed by atoms with Gasteiger partial charge in [-0.3, -0.25) is 14.2 Å². The zero-order valence-corrected chi connectivity index (χ0v) is 15.7. The van der Waals surface area contributed by atoms with E-state index in [1.165, 1.54) is 6.92 Å². The molecule has 0 saturated carbocycles. The van der Waals surface area contributed by atoms with Gasteiger partial charge in [0.25, 0.3) is 5.56 Å². The largest absolute Gasteiger partial charge is 0.494 e. The lowest BCUT2D eigenvalue weighted by molar-refractivity contribution is 0.103. The maximum atomic E-state index is 13.0. The monoisotopic (exact) mass is 386 g/mol. The number of carbonyl (C=O) groups excluding carboxylic acids is 1. The fourth-order valence-corrected chi connectivity index (χ4v) is 5.06. The molecule has 1 aliphatic heterocycles. The van der Waals surface area contributed by atoms with Crippen molar-refractivity contribution >= 4 is 15.6 Å². The number of pyridine rings is 1. The molecule has 1 aromatic carbocycles. The number of aromatic hydroxyl groups is 1. The van der Waals surface area contributed by atoms with Crippen LogP contribution in [0.3, 0.4) is 0 Å². The van der Waals surface area contributed by atoms with Gasteiger partial charge in [-0.15, -0.1) is 0 Å². The quantitative estimate of drug-likeness (QED) is 0.801. The van der Waals surface area contributed by atoms with Crippen LogP contribution in [0.2, 0.25) is 0 Å². The van der Waals surface area contributed by atoms with E-state index in [4.69, 9.17) is 0 Å². The van der Waals surface area contributed by atoms with Crippen LogP contribution < -0.4 is 5.56 Å². The van der Waals surface area contributed by atoms with Crippen molar-refractivity contribution in [2.45, 2.75) is 26.3 Å². The van der Waals surface area contributed by atoms with E-state index in [9.17, 15) is 28.4 Å². The third kappa shape index (κ3) is 3.26. The van der Waals surface area contributed by atoms with Crippen molar-refractivity contribution in [2.75, 3.05) is 11.5 Å². The third-order valence-electron chi connectivity index (χ3n) is 4.86. The molecule has 7 nitrogen and oxygen atoms in total. The Bertz CT molecular complexity index is 1140. The van der Waals surface area contributed by atoms with Crippen molar-refractivity contribution < 1.29 is 18.3 Å². The predicted octanol–water partition coefficient (Wildman–Crippen LogP) is 1.63. The third-order valence-corrected chi connectivity index (χ3v) is 6.61. The predicted molar refractivity (Wildman–Crippen MR) is 98.7 cm³/mol. The molecule has 3 rings (SSSR count). The number of nitrogens with zero attached hydrogens (tertiary/aromatic N) is 2. The minimum absolute atomic E-state index is 0.0858. The first-order chi connectivity index (χ1) is 12.7. The van der Waals surface area contributed by atoms with Gasteiger partial charge >= 0.3 is 0 Å². The molecule has 0 radical (unpaired) electrons.